The summed E-state index contributed by atoms with van der Waals surface area (Å²) in [5, 5.41) is 6.89. The highest BCUT2D eigenvalue weighted by atomic mass is 15.0. The summed E-state index contributed by atoms with van der Waals surface area (Å²) in [6, 6.07) is 72.8. The normalized spacial score (nSPS) is 11.5. The summed E-state index contributed by atoms with van der Waals surface area (Å²) < 4.78 is 2.39. The van der Waals surface area contributed by atoms with Gasteiger partial charge in [0.1, 0.15) is 0 Å². The van der Waals surface area contributed by atoms with Crippen molar-refractivity contribution in [2.24, 2.45) is 0 Å². The summed E-state index contributed by atoms with van der Waals surface area (Å²) in [6.07, 6.45) is 0. The topological polar surface area (TPSA) is 43.6 Å². The minimum absolute atomic E-state index is 0.612. The van der Waals surface area contributed by atoms with E-state index in [1.807, 2.05) is 0 Å². The summed E-state index contributed by atoms with van der Waals surface area (Å²) in [7, 11) is 0. The van der Waals surface area contributed by atoms with Crippen molar-refractivity contribution in [3.8, 4) is 62.1 Å². The Hall–Kier alpha value is -7.69. The van der Waals surface area contributed by atoms with Crippen LogP contribution in [0.5, 0.6) is 0 Å². The largest absolute Gasteiger partial charge is 0.309 e. The lowest BCUT2D eigenvalue weighted by molar-refractivity contribution is 1.08. The van der Waals surface area contributed by atoms with Crippen molar-refractivity contribution in [3.05, 3.63) is 206 Å². The molecule has 0 radical (unpaired) electrons. The first-order chi connectivity index (χ1) is 28.3. The molecule has 0 aliphatic carbocycles. The third-order valence-corrected chi connectivity index (χ3v) is 11.1. The van der Waals surface area contributed by atoms with Crippen LogP contribution in [-0.4, -0.2) is 19.5 Å². The maximum Gasteiger partial charge on any atom is 0.164 e. The Kier molecular flexibility index (Phi) is 7.78. The third-order valence-electron chi connectivity index (χ3n) is 11.1. The van der Waals surface area contributed by atoms with E-state index in [-0.39, 0.29) is 0 Å². The average molecular weight is 727 g/mol. The predicted octanol–water partition coefficient (Wildman–Crippen LogP) is 13.6. The molecule has 0 N–H and O–H groups in total. The number of para-hydroxylation sites is 2. The van der Waals surface area contributed by atoms with Gasteiger partial charge in [-0.1, -0.05) is 182 Å². The standard InChI is InChI=1S/C53H34N4/c1-3-16-35(17-4-1)40-32-33-47(43-24-10-9-23-42(40)43)53-55-51(54-52(56-53)46-27-15-21-36-20-7-8-22-39(36)46)38-30-31-41(37-18-5-2-6-19-37)50(34-38)57-48-28-13-11-25-44(48)45-26-12-14-29-49(45)57/h1-34H. The number of benzene rings is 9. The SMILES string of the molecule is c1ccc(-c2ccc(-c3nc(-c4cccc5ccccc45)nc(-c4ccc(-c5ccccc5)c5ccccc45)n3)cc2-n2c3ccccc3c3ccccc32)cc1. The molecule has 57 heavy (non-hydrogen) atoms. The first-order valence-electron chi connectivity index (χ1n) is 19.3. The molecule has 0 unspecified atom stereocenters. The van der Waals surface area contributed by atoms with Crippen LogP contribution in [0.4, 0.5) is 0 Å². The van der Waals surface area contributed by atoms with E-state index in [4.69, 9.17) is 15.0 Å². The number of nitrogens with zero attached hydrogens (tertiary/aromatic N) is 4. The molecule has 0 fully saturated rings. The van der Waals surface area contributed by atoms with Crippen molar-refractivity contribution in [3.63, 3.8) is 0 Å². The second-order valence-electron chi connectivity index (χ2n) is 14.4. The first kappa shape index (κ1) is 32.7. The lowest BCUT2D eigenvalue weighted by atomic mass is 9.94. The van der Waals surface area contributed by atoms with Crippen molar-refractivity contribution in [1.82, 2.24) is 19.5 Å². The summed E-state index contributed by atoms with van der Waals surface area (Å²) in [5.41, 5.74) is 10.8. The molecule has 0 aliphatic heterocycles. The predicted molar refractivity (Wildman–Crippen MR) is 236 cm³/mol. The van der Waals surface area contributed by atoms with Crippen LogP contribution in [0.15, 0.2) is 206 Å². The Morgan fingerprint density at radius 2 is 0.737 bits per heavy atom. The molecule has 0 spiro atoms. The van der Waals surface area contributed by atoms with Gasteiger partial charge in [-0.25, -0.2) is 15.0 Å². The Morgan fingerprint density at radius 3 is 1.40 bits per heavy atom. The highest BCUT2D eigenvalue weighted by Crippen LogP contribution is 2.40. The lowest BCUT2D eigenvalue weighted by Crippen LogP contribution is -2.03. The van der Waals surface area contributed by atoms with Gasteiger partial charge in [0.25, 0.3) is 0 Å². The summed E-state index contributed by atoms with van der Waals surface area (Å²) in [6.45, 7) is 0. The van der Waals surface area contributed by atoms with Crippen LogP contribution in [0.1, 0.15) is 0 Å². The average Bonchev–Trinajstić information content (AvgIpc) is 3.63. The van der Waals surface area contributed by atoms with E-state index < -0.39 is 0 Å². The van der Waals surface area contributed by atoms with E-state index in [0.29, 0.717) is 17.5 Å². The minimum atomic E-state index is 0.612. The second-order valence-corrected chi connectivity index (χ2v) is 14.4. The summed E-state index contributed by atoms with van der Waals surface area (Å²) in [5.74, 6) is 1.87. The van der Waals surface area contributed by atoms with Gasteiger partial charge in [-0.15, -0.1) is 0 Å². The van der Waals surface area contributed by atoms with Crippen LogP contribution in [0.2, 0.25) is 0 Å². The van der Waals surface area contributed by atoms with Gasteiger partial charge in [0.05, 0.1) is 16.7 Å². The van der Waals surface area contributed by atoms with Crippen LogP contribution >= 0.6 is 0 Å². The molecule has 2 heterocycles. The van der Waals surface area contributed by atoms with Gasteiger partial charge in [0, 0.05) is 33.0 Å². The van der Waals surface area contributed by atoms with Crippen LogP contribution in [0, 0.1) is 0 Å². The summed E-state index contributed by atoms with van der Waals surface area (Å²) in [4.78, 5) is 16.0. The molecule has 11 rings (SSSR count). The highest BCUT2D eigenvalue weighted by molar-refractivity contribution is 6.10. The van der Waals surface area contributed by atoms with Gasteiger partial charge in [0.2, 0.25) is 0 Å². The molecule has 0 saturated carbocycles. The molecule has 0 bridgehead atoms. The minimum Gasteiger partial charge on any atom is -0.309 e. The van der Waals surface area contributed by atoms with Crippen LogP contribution in [0.25, 0.3) is 105 Å². The van der Waals surface area contributed by atoms with E-state index in [9.17, 15) is 0 Å². The molecule has 0 saturated heterocycles. The van der Waals surface area contributed by atoms with E-state index in [1.165, 1.54) is 21.9 Å². The van der Waals surface area contributed by atoms with Crippen molar-refractivity contribution >= 4 is 43.4 Å². The van der Waals surface area contributed by atoms with Crippen molar-refractivity contribution in [2.75, 3.05) is 0 Å². The van der Waals surface area contributed by atoms with E-state index in [2.05, 4.69) is 211 Å². The molecule has 11 aromatic rings. The molecule has 0 aliphatic rings. The second kappa shape index (κ2) is 13.6. The number of fused-ring (bicyclic) bond motifs is 5. The van der Waals surface area contributed by atoms with E-state index in [1.54, 1.807) is 0 Å². The van der Waals surface area contributed by atoms with Crippen molar-refractivity contribution in [2.45, 2.75) is 0 Å². The maximum atomic E-state index is 5.35. The fourth-order valence-electron chi connectivity index (χ4n) is 8.43. The molecular weight excluding hydrogens is 693 g/mol. The molecule has 2 aromatic heterocycles. The Balaban J connectivity index is 1.19. The number of aromatic nitrogens is 4. The molecule has 9 aromatic carbocycles. The van der Waals surface area contributed by atoms with Gasteiger partial charge < -0.3 is 4.57 Å². The van der Waals surface area contributed by atoms with Gasteiger partial charge in [-0.3, -0.25) is 0 Å². The van der Waals surface area contributed by atoms with E-state index in [0.717, 1.165) is 66.1 Å². The van der Waals surface area contributed by atoms with Gasteiger partial charge in [0.15, 0.2) is 17.5 Å². The zero-order valence-corrected chi connectivity index (χ0v) is 30.9. The molecule has 4 nitrogen and oxygen atoms in total. The summed E-state index contributed by atoms with van der Waals surface area (Å²) >= 11 is 0. The van der Waals surface area contributed by atoms with Crippen molar-refractivity contribution < 1.29 is 0 Å². The van der Waals surface area contributed by atoms with E-state index >= 15 is 0 Å². The number of hydrogen-bond donors (Lipinski definition) is 0. The zero-order chi connectivity index (χ0) is 37.7. The fraction of sp³-hybridized carbons (Fsp3) is 0. The number of rotatable bonds is 6. The van der Waals surface area contributed by atoms with Crippen molar-refractivity contribution in [1.29, 1.82) is 0 Å². The molecule has 266 valence electrons. The number of hydrogen-bond acceptors (Lipinski definition) is 3. The molecule has 0 atom stereocenters. The van der Waals surface area contributed by atoms with Crippen LogP contribution in [-0.2, 0) is 0 Å². The Bertz CT molecular complexity index is 3230. The smallest absolute Gasteiger partial charge is 0.164 e. The van der Waals surface area contributed by atoms with Gasteiger partial charge >= 0.3 is 0 Å². The third kappa shape index (κ3) is 5.58. The Labute approximate surface area is 330 Å². The quantitative estimate of drug-likeness (QED) is 0.171. The molecule has 0 amide bonds. The zero-order valence-electron chi connectivity index (χ0n) is 30.9. The first-order valence-corrected chi connectivity index (χ1v) is 19.3. The van der Waals surface area contributed by atoms with Gasteiger partial charge in [-0.05, 0) is 62.5 Å². The maximum absolute atomic E-state index is 5.35. The van der Waals surface area contributed by atoms with Gasteiger partial charge in [-0.2, -0.15) is 0 Å². The molecule has 4 heteroatoms. The van der Waals surface area contributed by atoms with Crippen LogP contribution < -0.4 is 0 Å². The molecular formula is C53H34N4. The Morgan fingerprint density at radius 1 is 0.281 bits per heavy atom. The lowest BCUT2D eigenvalue weighted by Gasteiger charge is -2.17. The highest BCUT2D eigenvalue weighted by Gasteiger charge is 2.20. The van der Waals surface area contributed by atoms with Crippen LogP contribution in [0.3, 0.4) is 0 Å². The monoisotopic (exact) mass is 726 g/mol. The fourth-order valence-corrected chi connectivity index (χ4v) is 8.43.